The van der Waals surface area contributed by atoms with Gasteiger partial charge in [0.2, 0.25) is 0 Å². The van der Waals surface area contributed by atoms with Gasteiger partial charge in [-0.05, 0) is 51.2 Å². The van der Waals surface area contributed by atoms with Crippen molar-refractivity contribution >= 4 is 15.9 Å². The van der Waals surface area contributed by atoms with Crippen molar-refractivity contribution in [3.63, 3.8) is 0 Å². The van der Waals surface area contributed by atoms with Crippen LogP contribution in [0.25, 0.3) is 22.5 Å². The van der Waals surface area contributed by atoms with Gasteiger partial charge < -0.3 is 0 Å². The fraction of sp³-hybridized carbons (Fsp3) is 0.200. The first kappa shape index (κ1) is 15.9. The normalized spacial score (nSPS) is 11.5. The zero-order chi connectivity index (χ0) is 16.4. The molecular weight excluding hydrogens is 348 g/mol. The predicted molar refractivity (Wildman–Crippen MR) is 99.3 cm³/mol. The molecule has 0 aliphatic carbocycles. The first-order chi connectivity index (χ1) is 10.9. The van der Waals surface area contributed by atoms with Crippen LogP contribution in [0.15, 0.2) is 65.4 Å². The molecule has 0 aliphatic heterocycles. The Morgan fingerprint density at radius 1 is 0.826 bits per heavy atom. The summed E-state index contributed by atoms with van der Waals surface area (Å²) in [6.45, 7) is 6.65. The van der Waals surface area contributed by atoms with Crippen molar-refractivity contribution in [2.24, 2.45) is 0 Å². The van der Waals surface area contributed by atoms with Crippen LogP contribution in [0.5, 0.6) is 0 Å². The van der Waals surface area contributed by atoms with Crippen molar-refractivity contribution < 1.29 is 0 Å². The molecule has 0 amide bonds. The summed E-state index contributed by atoms with van der Waals surface area (Å²) in [5.74, 6) is 0. The van der Waals surface area contributed by atoms with Crippen LogP contribution in [-0.2, 0) is 5.41 Å². The van der Waals surface area contributed by atoms with E-state index in [4.69, 9.17) is 0 Å². The number of pyridine rings is 2. The van der Waals surface area contributed by atoms with Gasteiger partial charge in [0.1, 0.15) is 0 Å². The predicted octanol–water partition coefficient (Wildman–Crippen LogP) is 5.87. The maximum Gasteiger partial charge on any atom is 0.0843 e. The average molecular weight is 367 g/mol. The highest BCUT2D eigenvalue weighted by atomic mass is 79.9. The highest BCUT2D eigenvalue weighted by molar-refractivity contribution is 9.10. The lowest BCUT2D eigenvalue weighted by molar-refractivity contribution is 0.589. The molecule has 116 valence electrons. The highest BCUT2D eigenvalue weighted by Gasteiger charge is 2.14. The van der Waals surface area contributed by atoms with Crippen molar-refractivity contribution in [3.8, 4) is 22.5 Å². The van der Waals surface area contributed by atoms with E-state index in [0.717, 1.165) is 27.0 Å². The van der Waals surface area contributed by atoms with Crippen LogP contribution < -0.4 is 0 Å². The van der Waals surface area contributed by atoms with Gasteiger partial charge in [0.05, 0.1) is 11.4 Å². The molecule has 0 saturated heterocycles. The van der Waals surface area contributed by atoms with E-state index in [-0.39, 0.29) is 5.41 Å². The highest BCUT2D eigenvalue weighted by Crippen LogP contribution is 2.29. The van der Waals surface area contributed by atoms with Crippen LogP contribution in [0.1, 0.15) is 26.3 Å². The van der Waals surface area contributed by atoms with Crippen LogP contribution in [0.2, 0.25) is 0 Å². The van der Waals surface area contributed by atoms with E-state index in [1.54, 1.807) is 0 Å². The van der Waals surface area contributed by atoms with E-state index in [9.17, 15) is 0 Å². The fourth-order valence-electron chi connectivity index (χ4n) is 2.45. The van der Waals surface area contributed by atoms with Crippen LogP contribution in [0.3, 0.4) is 0 Å². The second kappa shape index (κ2) is 6.25. The largest absolute Gasteiger partial charge is 0.256 e. The molecule has 0 fully saturated rings. The van der Waals surface area contributed by atoms with Crippen LogP contribution in [-0.4, -0.2) is 9.97 Å². The summed E-state index contributed by atoms with van der Waals surface area (Å²) in [6, 6.07) is 16.6. The molecule has 2 aromatic heterocycles. The monoisotopic (exact) mass is 366 g/mol. The standard InChI is InChI=1S/C20H19BrN2/c1-20(2,3)16-10-12-22-18(13-16)14-6-8-15(9-7-14)19-17(21)5-4-11-23-19/h4-13H,1-3H3. The van der Waals surface area contributed by atoms with Crippen molar-refractivity contribution in [1.82, 2.24) is 9.97 Å². The van der Waals surface area contributed by atoms with Gasteiger partial charge in [-0.15, -0.1) is 0 Å². The molecule has 0 N–H and O–H groups in total. The first-order valence-electron chi connectivity index (χ1n) is 7.63. The van der Waals surface area contributed by atoms with Gasteiger partial charge in [-0.2, -0.15) is 0 Å². The lowest BCUT2D eigenvalue weighted by Gasteiger charge is -2.19. The maximum atomic E-state index is 4.52. The van der Waals surface area contributed by atoms with Crippen molar-refractivity contribution in [2.75, 3.05) is 0 Å². The zero-order valence-electron chi connectivity index (χ0n) is 13.5. The Kier molecular flexibility index (Phi) is 4.31. The molecule has 1 aromatic carbocycles. The maximum absolute atomic E-state index is 4.52. The smallest absolute Gasteiger partial charge is 0.0843 e. The second-order valence-corrected chi connectivity index (χ2v) is 7.45. The van der Waals surface area contributed by atoms with Gasteiger partial charge in [0.25, 0.3) is 0 Å². The summed E-state index contributed by atoms with van der Waals surface area (Å²) in [5.41, 5.74) is 5.58. The molecule has 2 nitrogen and oxygen atoms in total. The molecule has 0 aliphatic rings. The van der Waals surface area contributed by atoms with Crippen LogP contribution in [0, 0.1) is 0 Å². The third-order valence-corrected chi connectivity index (χ3v) is 4.48. The van der Waals surface area contributed by atoms with E-state index in [1.165, 1.54) is 5.56 Å². The van der Waals surface area contributed by atoms with Crippen LogP contribution >= 0.6 is 15.9 Å². The summed E-state index contributed by atoms with van der Waals surface area (Å²) < 4.78 is 1.00. The summed E-state index contributed by atoms with van der Waals surface area (Å²) in [6.07, 6.45) is 3.70. The molecule has 0 spiro atoms. The van der Waals surface area contributed by atoms with Gasteiger partial charge in [0, 0.05) is 28.0 Å². The Morgan fingerprint density at radius 3 is 2.17 bits per heavy atom. The second-order valence-electron chi connectivity index (χ2n) is 6.59. The number of benzene rings is 1. The van der Waals surface area contributed by atoms with Gasteiger partial charge in [-0.1, -0.05) is 45.0 Å². The third-order valence-electron chi connectivity index (χ3n) is 3.84. The molecule has 0 unspecified atom stereocenters. The van der Waals surface area contributed by atoms with E-state index in [2.05, 4.69) is 83.1 Å². The van der Waals surface area contributed by atoms with Crippen molar-refractivity contribution in [2.45, 2.75) is 26.2 Å². The SMILES string of the molecule is CC(C)(C)c1ccnc(-c2ccc(-c3ncccc3Br)cc2)c1. The summed E-state index contributed by atoms with van der Waals surface area (Å²) >= 11 is 3.55. The molecule has 3 aromatic rings. The van der Waals surface area contributed by atoms with E-state index >= 15 is 0 Å². The minimum Gasteiger partial charge on any atom is -0.256 e. The lowest BCUT2D eigenvalue weighted by Crippen LogP contribution is -2.11. The molecule has 3 heteroatoms. The van der Waals surface area contributed by atoms with Gasteiger partial charge in [-0.3, -0.25) is 9.97 Å². The zero-order valence-corrected chi connectivity index (χ0v) is 15.1. The lowest BCUT2D eigenvalue weighted by atomic mass is 9.87. The Labute approximate surface area is 145 Å². The Morgan fingerprint density at radius 2 is 1.52 bits per heavy atom. The van der Waals surface area contributed by atoms with E-state index < -0.39 is 0 Å². The van der Waals surface area contributed by atoms with Crippen LogP contribution in [0.4, 0.5) is 0 Å². The number of hydrogen-bond acceptors (Lipinski definition) is 2. The number of nitrogens with zero attached hydrogens (tertiary/aromatic N) is 2. The van der Waals surface area contributed by atoms with E-state index in [0.29, 0.717) is 0 Å². The molecule has 2 heterocycles. The molecule has 0 radical (unpaired) electrons. The summed E-state index contributed by atoms with van der Waals surface area (Å²) in [7, 11) is 0. The molecule has 0 saturated carbocycles. The quantitative estimate of drug-likeness (QED) is 0.566. The summed E-state index contributed by atoms with van der Waals surface area (Å²) in [4.78, 5) is 8.95. The van der Waals surface area contributed by atoms with Crippen molar-refractivity contribution in [3.05, 3.63) is 71.0 Å². The number of halogens is 1. The first-order valence-corrected chi connectivity index (χ1v) is 8.42. The number of aromatic nitrogens is 2. The molecular formula is C20H19BrN2. The molecule has 0 atom stereocenters. The van der Waals surface area contributed by atoms with Gasteiger partial charge in [0.15, 0.2) is 0 Å². The fourth-order valence-corrected chi connectivity index (χ4v) is 2.94. The Hall–Kier alpha value is -2.00. The molecule has 23 heavy (non-hydrogen) atoms. The Balaban J connectivity index is 1.96. The Bertz CT molecular complexity index is 818. The topological polar surface area (TPSA) is 25.8 Å². The average Bonchev–Trinajstić information content (AvgIpc) is 2.55. The minimum atomic E-state index is 0.121. The van der Waals surface area contributed by atoms with Gasteiger partial charge >= 0.3 is 0 Å². The third kappa shape index (κ3) is 3.50. The molecule has 3 rings (SSSR count). The number of hydrogen-bond donors (Lipinski definition) is 0. The molecule has 0 bridgehead atoms. The summed E-state index contributed by atoms with van der Waals surface area (Å²) in [5, 5.41) is 0. The van der Waals surface area contributed by atoms with E-state index in [1.807, 2.05) is 24.5 Å². The van der Waals surface area contributed by atoms with Crippen molar-refractivity contribution in [1.29, 1.82) is 0 Å². The van der Waals surface area contributed by atoms with Gasteiger partial charge in [-0.25, -0.2) is 0 Å². The minimum absolute atomic E-state index is 0.121. The number of rotatable bonds is 2.